The number of carbonyl (C=O) groups is 1. The maximum Gasteiger partial charge on any atom is 0.335 e. The van der Waals surface area contributed by atoms with Crippen LogP contribution in [0.3, 0.4) is 0 Å². The SMILES string of the molecule is COc1ccc(-c2ccc(C)c(C(=O)O)c2)cc1. The van der Waals surface area contributed by atoms with Gasteiger partial charge >= 0.3 is 5.97 Å². The molecule has 0 radical (unpaired) electrons. The zero-order valence-electron chi connectivity index (χ0n) is 10.3. The summed E-state index contributed by atoms with van der Waals surface area (Å²) in [5.41, 5.74) is 2.96. The third-order valence-electron chi connectivity index (χ3n) is 2.89. The van der Waals surface area contributed by atoms with Gasteiger partial charge in [0.1, 0.15) is 5.75 Å². The van der Waals surface area contributed by atoms with Crippen LogP contribution in [0.2, 0.25) is 0 Å². The van der Waals surface area contributed by atoms with Crippen LogP contribution in [0.1, 0.15) is 15.9 Å². The second-order valence-corrected chi connectivity index (χ2v) is 4.06. The van der Waals surface area contributed by atoms with Crippen molar-refractivity contribution in [3.8, 4) is 16.9 Å². The Bertz CT molecular complexity index is 571. The van der Waals surface area contributed by atoms with E-state index in [0.29, 0.717) is 5.56 Å². The molecule has 1 N–H and O–H groups in total. The summed E-state index contributed by atoms with van der Waals surface area (Å²) in [4.78, 5) is 11.1. The second-order valence-electron chi connectivity index (χ2n) is 4.06. The van der Waals surface area contributed by atoms with Gasteiger partial charge in [-0.3, -0.25) is 0 Å². The molecule has 0 fully saturated rings. The minimum Gasteiger partial charge on any atom is -0.497 e. The lowest BCUT2D eigenvalue weighted by Crippen LogP contribution is -1.99. The van der Waals surface area contributed by atoms with Gasteiger partial charge in [-0.1, -0.05) is 24.3 Å². The smallest absolute Gasteiger partial charge is 0.335 e. The van der Waals surface area contributed by atoms with E-state index in [4.69, 9.17) is 9.84 Å². The molecule has 2 aromatic carbocycles. The third kappa shape index (κ3) is 2.35. The van der Waals surface area contributed by atoms with Gasteiger partial charge in [-0.15, -0.1) is 0 Å². The first-order chi connectivity index (χ1) is 8.61. The molecule has 0 unspecified atom stereocenters. The number of carboxylic acid groups (broad SMARTS) is 1. The van der Waals surface area contributed by atoms with Gasteiger partial charge in [0, 0.05) is 0 Å². The standard InChI is InChI=1S/C15H14O3/c1-10-3-4-12(9-14(10)15(16)17)11-5-7-13(18-2)8-6-11/h3-9H,1-2H3,(H,16,17). The highest BCUT2D eigenvalue weighted by molar-refractivity contribution is 5.91. The van der Waals surface area contributed by atoms with Crippen LogP contribution < -0.4 is 4.74 Å². The van der Waals surface area contributed by atoms with Gasteiger partial charge in [0.05, 0.1) is 12.7 Å². The summed E-state index contributed by atoms with van der Waals surface area (Å²) < 4.78 is 5.09. The highest BCUT2D eigenvalue weighted by Gasteiger charge is 2.08. The zero-order valence-corrected chi connectivity index (χ0v) is 10.3. The van der Waals surface area contributed by atoms with Gasteiger partial charge in [0.15, 0.2) is 0 Å². The van der Waals surface area contributed by atoms with Crippen LogP contribution in [0.4, 0.5) is 0 Å². The molecular weight excluding hydrogens is 228 g/mol. The number of aryl methyl sites for hydroxylation is 1. The fraction of sp³-hybridized carbons (Fsp3) is 0.133. The number of aromatic carboxylic acids is 1. The summed E-state index contributed by atoms with van der Waals surface area (Å²) in [5, 5.41) is 9.10. The molecule has 0 saturated carbocycles. The Morgan fingerprint density at radius 2 is 1.67 bits per heavy atom. The Kier molecular flexibility index (Phi) is 3.33. The number of methoxy groups -OCH3 is 1. The van der Waals surface area contributed by atoms with Crippen molar-refractivity contribution in [3.63, 3.8) is 0 Å². The lowest BCUT2D eigenvalue weighted by Gasteiger charge is -2.07. The van der Waals surface area contributed by atoms with E-state index in [-0.39, 0.29) is 0 Å². The van der Waals surface area contributed by atoms with Crippen LogP contribution in [-0.2, 0) is 0 Å². The summed E-state index contributed by atoms with van der Waals surface area (Å²) in [6.07, 6.45) is 0. The highest BCUT2D eigenvalue weighted by Crippen LogP contribution is 2.24. The molecule has 0 aliphatic carbocycles. The van der Waals surface area contributed by atoms with Crippen molar-refractivity contribution in [1.82, 2.24) is 0 Å². The lowest BCUT2D eigenvalue weighted by molar-refractivity contribution is 0.0696. The second kappa shape index (κ2) is 4.92. The normalized spacial score (nSPS) is 10.1. The van der Waals surface area contributed by atoms with Crippen molar-refractivity contribution in [2.24, 2.45) is 0 Å². The summed E-state index contributed by atoms with van der Waals surface area (Å²) >= 11 is 0. The molecule has 0 amide bonds. The average molecular weight is 242 g/mol. The third-order valence-corrected chi connectivity index (χ3v) is 2.89. The van der Waals surface area contributed by atoms with Crippen LogP contribution >= 0.6 is 0 Å². The number of rotatable bonds is 3. The number of hydrogen-bond donors (Lipinski definition) is 1. The number of ether oxygens (including phenoxy) is 1. The first-order valence-corrected chi connectivity index (χ1v) is 5.60. The molecule has 92 valence electrons. The van der Waals surface area contributed by atoms with E-state index < -0.39 is 5.97 Å². The van der Waals surface area contributed by atoms with Crippen LogP contribution in [0.5, 0.6) is 5.75 Å². The summed E-state index contributed by atoms with van der Waals surface area (Å²) in [7, 11) is 1.61. The highest BCUT2D eigenvalue weighted by atomic mass is 16.5. The van der Waals surface area contributed by atoms with Gasteiger partial charge in [-0.2, -0.15) is 0 Å². The first kappa shape index (κ1) is 12.2. The van der Waals surface area contributed by atoms with Gasteiger partial charge in [-0.25, -0.2) is 4.79 Å². The molecule has 0 aromatic heterocycles. The van der Waals surface area contributed by atoms with Crippen molar-refractivity contribution < 1.29 is 14.6 Å². The largest absolute Gasteiger partial charge is 0.497 e. The Balaban J connectivity index is 2.44. The van der Waals surface area contributed by atoms with E-state index in [1.54, 1.807) is 20.1 Å². The predicted octanol–water partition coefficient (Wildman–Crippen LogP) is 3.37. The quantitative estimate of drug-likeness (QED) is 0.897. The topological polar surface area (TPSA) is 46.5 Å². The molecule has 2 rings (SSSR count). The molecule has 0 aliphatic rings. The Hall–Kier alpha value is -2.29. The number of benzene rings is 2. The molecule has 0 saturated heterocycles. The van der Waals surface area contributed by atoms with Crippen molar-refractivity contribution in [2.75, 3.05) is 7.11 Å². The maximum absolute atomic E-state index is 11.1. The van der Waals surface area contributed by atoms with Crippen molar-refractivity contribution >= 4 is 5.97 Å². The van der Waals surface area contributed by atoms with E-state index in [2.05, 4.69) is 0 Å². The van der Waals surface area contributed by atoms with Crippen molar-refractivity contribution in [3.05, 3.63) is 53.6 Å². The lowest BCUT2D eigenvalue weighted by atomic mass is 10.00. The van der Waals surface area contributed by atoms with Gasteiger partial charge in [-0.05, 0) is 41.8 Å². The summed E-state index contributed by atoms with van der Waals surface area (Å²) in [6.45, 7) is 1.79. The van der Waals surface area contributed by atoms with Gasteiger partial charge in [0.25, 0.3) is 0 Å². The molecule has 18 heavy (non-hydrogen) atoms. The van der Waals surface area contributed by atoms with Gasteiger partial charge in [0.2, 0.25) is 0 Å². The minimum atomic E-state index is -0.900. The Labute approximate surface area is 106 Å². The maximum atomic E-state index is 11.1. The van der Waals surface area contributed by atoms with E-state index in [9.17, 15) is 4.79 Å². The van der Waals surface area contributed by atoms with Crippen molar-refractivity contribution in [1.29, 1.82) is 0 Å². The monoisotopic (exact) mass is 242 g/mol. The molecule has 0 spiro atoms. The first-order valence-electron chi connectivity index (χ1n) is 5.60. The summed E-state index contributed by atoms with van der Waals surface area (Å²) in [5.74, 6) is -0.118. The molecule has 0 heterocycles. The minimum absolute atomic E-state index is 0.336. The average Bonchev–Trinajstić information content (AvgIpc) is 2.39. The van der Waals surface area contributed by atoms with E-state index in [1.807, 2.05) is 36.4 Å². The molecule has 0 aliphatic heterocycles. The van der Waals surface area contributed by atoms with Crippen molar-refractivity contribution in [2.45, 2.75) is 6.92 Å². The fourth-order valence-corrected chi connectivity index (χ4v) is 1.82. The van der Waals surface area contributed by atoms with E-state index in [1.165, 1.54) is 0 Å². The van der Waals surface area contributed by atoms with Crippen LogP contribution in [-0.4, -0.2) is 18.2 Å². The predicted molar refractivity (Wildman–Crippen MR) is 70.1 cm³/mol. The molecule has 2 aromatic rings. The number of carboxylic acids is 1. The number of hydrogen-bond acceptors (Lipinski definition) is 2. The molecule has 3 heteroatoms. The van der Waals surface area contributed by atoms with E-state index in [0.717, 1.165) is 22.4 Å². The molecule has 0 bridgehead atoms. The molecule has 3 nitrogen and oxygen atoms in total. The molecular formula is C15H14O3. The fourth-order valence-electron chi connectivity index (χ4n) is 1.82. The summed E-state index contributed by atoms with van der Waals surface area (Å²) in [6, 6.07) is 13.0. The molecule has 0 atom stereocenters. The van der Waals surface area contributed by atoms with Crippen LogP contribution in [0, 0.1) is 6.92 Å². The van der Waals surface area contributed by atoms with Gasteiger partial charge < -0.3 is 9.84 Å². The van der Waals surface area contributed by atoms with Crippen LogP contribution in [0.25, 0.3) is 11.1 Å². The zero-order chi connectivity index (χ0) is 13.1. The van der Waals surface area contributed by atoms with E-state index >= 15 is 0 Å². The van der Waals surface area contributed by atoms with Crippen LogP contribution in [0.15, 0.2) is 42.5 Å². The Morgan fingerprint density at radius 1 is 1.06 bits per heavy atom. The Morgan fingerprint density at radius 3 is 2.22 bits per heavy atom.